The van der Waals surface area contributed by atoms with Crippen LogP contribution in [0, 0.1) is 0 Å². The Morgan fingerprint density at radius 2 is 2.43 bits per heavy atom. The monoisotopic (exact) mass is 191 g/mol. The number of aromatic amines is 1. The number of carbonyl (C=O) groups is 1. The fourth-order valence-electron chi connectivity index (χ4n) is 1.35. The summed E-state index contributed by atoms with van der Waals surface area (Å²) in [6.45, 7) is 0. The number of esters is 1. The molecular weight excluding hydrogens is 182 g/mol. The molecular formula is C9H9N3O2. The van der Waals surface area contributed by atoms with Crippen LogP contribution in [0.3, 0.4) is 0 Å². The normalized spacial score (nSPS) is 10.4. The topological polar surface area (TPSA) is 81.0 Å². The highest BCUT2D eigenvalue weighted by atomic mass is 16.5. The number of rotatable bonds is 1. The van der Waals surface area contributed by atoms with Gasteiger partial charge >= 0.3 is 5.97 Å². The van der Waals surface area contributed by atoms with Gasteiger partial charge < -0.3 is 15.5 Å². The standard InChI is InChI=1S/C9H9N3O2/c1-14-9(13)5-4-12-8-7(5)6(10)2-3-11-8/h2-4H,1H3,(H3,10,11,12). The molecule has 0 aliphatic rings. The third-order valence-corrected chi connectivity index (χ3v) is 2.01. The lowest BCUT2D eigenvalue weighted by atomic mass is 10.2. The maximum Gasteiger partial charge on any atom is 0.340 e. The Bertz CT molecular complexity index is 490. The quantitative estimate of drug-likeness (QED) is 0.657. The molecule has 0 amide bonds. The first-order valence-electron chi connectivity index (χ1n) is 4.04. The number of nitrogen functional groups attached to an aromatic ring is 1. The second-order valence-corrected chi connectivity index (χ2v) is 2.82. The van der Waals surface area contributed by atoms with Crippen molar-refractivity contribution >= 4 is 22.7 Å². The van der Waals surface area contributed by atoms with E-state index in [1.165, 1.54) is 7.11 Å². The van der Waals surface area contributed by atoms with E-state index in [0.717, 1.165) is 0 Å². The van der Waals surface area contributed by atoms with Gasteiger partial charge in [-0.1, -0.05) is 0 Å². The van der Waals surface area contributed by atoms with Crippen molar-refractivity contribution in [3.8, 4) is 0 Å². The van der Waals surface area contributed by atoms with E-state index in [9.17, 15) is 4.79 Å². The Balaban J connectivity index is 2.73. The van der Waals surface area contributed by atoms with Crippen molar-refractivity contribution in [1.29, 1.82) is 0 Å². The summed E-state index contributed by atoms with van der Waals surface area (Å²) < 4.78 is 4.62. The number of nitrogens with zero attached hydrogens (tertiary/aromatic N) is 1. The zero-order chi connectivity index (χ0) is 10.1. The predicted octanol–water partition coefficient (Wildman–Crippen LogP) is 0.932. The zero-order valence-electron chi connectivity index (χ0n) is 7.57. The summed E-state index contributed by atoms with van der Waals surface area (Å²) in [6, 6.07) is 1.64. The van der Waals surface area contributed by atoms with Crippen molar-refractivity contribution in [2.75, 3.05) is 12.8 Å². The molecule has 0 unspecified atom stereocenters. The minimum atomic E-state index is -0.420. The number of ether oxygens (including phenoxy) is 1. The average Bonchev–Trinajstić information content (AvgIpc) is 2.62. The molecule has 0 bridgehead atoms. The van der Waals surface area contributed by atoms with E-state index in [0.29, 0.717) is 22.3 Å². The Hall–Kier alpha value is -2.04. The molecule has 72 valence electrons. The van der Waals surface area contributed by atoms with Crippen molar-refractivity contribution in [1.82, 2.24) is 9.97 Å². The van der Waals surface area contributed by atoms with Crippen LogP contribution in [0.25, 0.3) is 11.0 Å². The van der Waals surface area contributed by atoms with Gasteiger partial charge in [-0.2, -0.15) is 0 Å². The molecule has 2 rings (SSSR count). The molecule has 0 fully saturated rings. The number of carbonyl (C=O) groups excluding carboxylic acids is 1. The molecule has 0 aliphatic carbocycles. The number of hydrogen-bond donors (Lipinski definition) is 2. The van der Waals surface area contributed by atoms with Gasteiger partial charge in [0.05, 0.1) is 18.1 Å². The van der Waals surface area contributed by atoms with E-state index in [4.69, 9.17) is 5.73 Å². The molecule has 0 radical (unpaired) electrons. The molecule has 2 aromatic rings. The van der Waals surface area contributed by atoms with Crippen LogP contribution in [-0.4, -0.2) is 23.0 Å². The minimum absolute atomic E-state index is 0.410. The third-order valence-electron chi connectivity index (χ3n) is 2.01. The maximum atomic E-state index is 11.3. The van der Waals surface area contributed by atoms with E-state index >= 15 is 0 Å². The lowest BCUT2D eigenvalue weighted by Gasteiger charge is -1.98. The highest BCUT2D eigenvalue weighted by Crippen LogP contribution is 2.22. The number of anilines is 1. The molecule has 3 N–H and O–H groups in total. The number of nitrogens with one attached hydrogen (secondary N) is 1. The van der Waals surface area contributed by atoms with E-state index in [2.05, 4.69) is 14.7 Å². The summed E-state index contributed by atoms with van der Waals surface area (Å²) in [5, 5.41) is 0.611. The van der Waals surface area contributed by atoms with Crippen molar-refractivity contribution in [2.24, 2.45) is 0 Å². The molecule has 5 nitrogen and oxygen atoms in total. The lowest BCUT2D eigenvalue weighted by Crippen LogP contribution is -2.01. The number of hydrogen-bond acceptors (Lipinski definition) is 4. The highest BCUT2D eigenvalue weighted by molar-refractivity contribution is 6.07. The van der Waals surface area contributed by atoms with Crippen LogP contribution >= 0.6 is 0 Å². The number of H-pyrrole nitrogens is 1. The summed E-state index contributed by atoms with van der Waals surface area (Å²) in [6.07, 6.45) is 3.12. The summed E-state index contributed by atoms with van der Waals surface area (Å²) in [5.41, 5.74) is 7.24. The molecule has 0 aromatic carbocycles. The smallest absolute Gasteiger partial charge is 0.340 e. The molecule has 0 aliphatic heterocycles. The van der Waals surface area contributed by atoms with Gasteiger partial charge in [0.25, 0.3) is 0 Å². The molecule has 5 heteroatoms. The van der Waals surface area contributed by atoms with E-state index in [-0.39, 0.29) is 0 Å². The Morgan fingerprint density at radius 3 is 3.14 bits per heavy atom. The van der Waals surface area contributed by atoms with Crippen LogP contribution in [0.1, 0.15) is 10.4 Å². The number of fused-ring (bicyclic) bond motifs is 1. The fraction of sp³-hybridized carbons (Fsp3) is 0.111. The maximum absolute atomic E-state index is 11.3. The van der Waals surface area contributed by atoms with Crippen LogP contribution in [0.5, 0.6) is 0 Å². The average molecular weight is 191 g/mol. The minimum Gasteiger partial charge on any atom is -0.465 e. The second-order valence-electron chi connectivity index (χ2n) is 2.82. The van der Waals surface area contributed by atoms with Crippen LogP contribution in [0.4, 0.5) is 5.69 Å². The van der Waals surface area contributed by atoms with Crippen molar-refractivity contribution in [3.63, 3.8) is 0 Å². The number of pyridine rings is 1. The largest absolute Gasteiger partial charge is 0.465 e. The summed E-state index contributed by atoms with van der Waals surface area (Å²) in [7, 11) is 1.33. The van der Waals surface area contributed by atoms with Gasteiger partial charge in [-0.25, -0.2) is 9.78 Å². The van der Waals surface area contributed by atoms with E-state index < -0.39 is 5.97 Å². The molecule has 0 atom stereocenters. The van der Waals surface area contributed by atoms with Gasteiger partial charge in [0.1, 0.15) is 5.65 Å². The van der Waals surface area contributed by atoms with Gasteiger partial charge in [-0.05, 0) is 6.07 Å². The molecule has 14 heavy (non-hydrogen) atoms. The molecule has 0 saturated heterocycles. The van der Waals surface area contributed by atoms with Gasteiger partial charge in [0.15, 0.2) is 0 Å². The third kappa shape index (κ3) is 1.10. The Kier molecular flexibility index (Phi) is 1.85. The van der Waals surface area contributed by atoms with Gasteiger partial charge in [0.2, 0.25) is 0 Å². The first-order valence-corrected chi connectivity index (χ1v) is 4.04. The van der Waals surface area contributed by atoms with E-state index in [1.54, 1.807) is 18.5 Å². The lowest BCUT2D eigenvalue weighted by molar-refractivity contribution is 0.0603. The molecule has 0 saturated carbocycles. The molecule has 2 aromatic heterocycles. The molecule has 2 heterocycles. The van der Waals surface area contributed by atoms with Gasteiger partial charge in [-0.15, -0.1) is 0 Å². The number of nitrogens with two attached hydrogens (primary N) is 1. The summed E-state index contributed by atoms with van der Waals surface area (Å²) in [5.74, 6) is -0.420. The molecule has 0 spiro atoms. The van der Waals surface area contributed by atoms with E-state index in [1.807, 2.05) is 0 Å². The zero-order valence-corrected chi connectivity index (χ0v) is 7.57. The van der Waals surface area contributed by atoms with Crippen LogP contribution in [0.15, 0.2) is 18.5 Å². The van der Waals surface area contributed by atoms with Crippen LogP contribution in [0.2, 0.25) is 0 Å². The van der Waals surface area contributed by atoms with Crippen molar-refractivity contribution in [2.45, 2.75) is 0 Å². The summed E-state index contributed by atoms with van der Waals surface area (Å²) in [4.78, 5) is 18.2. The summed E-state index contributed by atoms with van der Waals surface area (Å²) >= 11 is 0. The Labute approximate surface area is 79.9 Å². The van der Waals surface area contributed by atoms with Gasteiger partial charge in [-0.3, -0.25) is 0 Å². The van der Waals surface area contributed by atoms with Crippen molar-refractivity contribution < 1.29 is 9.53 Å². The van der Waals surface area contributed by atoms with Gasteiger partial charge in [0, 0.05) is 18.1 Å². The van der Waals surface area contributed by atoms with Crippen molar-refractivity contribution in [3.05, 3.63) is 24.0 Å². The predicted molar refractivity (Wildman–Crippen MR) is 51.8 cm³/mol. The first-order chi connectivity index (χ1) is 6.74. The SMILES string of the molecule is COC(=O)c1c[nH]c2nccc(N)c12. The number of methoxy groups -OCH3 is 1. The highest BCUT2D eigenvalue weighted by Gasteiger charge is 2.14. The van der Waals surface area contributed by atoms with Crippen LogP contribution < -0.4 is 5.73 Å². The fourth-order valence-corrected chi connectivity index (χ4v) is 1.35. The second kappa shape index (κ2) is 3.02. The Morgan fingerprint density at radius 1 is 1.64 bits per heavy atom. The van der Waals surface area contributed by atoms with Crippen LogP contribution in [-0.2, 0) is 4.74 Å². The number of aromatic nitrogens is 2. The first kappa shape index (κ1) is 8.55.